The number of nitrogens with zero attached hydrogens (tertiary/aromatic N) is 6. The number of hydrogen-bond donors (Lipinski definition) is 6. The molecule has 0 bridgehead atoms. The van der Waals surface area contributed by atoms with Gasteiger partial charge in [0.2, 0.25) is 0 Å². The zero-order valence-corrected chi connectivity index (χ0v) is 87.5. The van der Waals surface area contributed by atoms with Crippen molar-refractivity contribution in [2.45, 2.75) is 221 Å². The molecule has 6 N–H and O–H groups in total. The second-order valence-electron chi connectivity index (χ2n) is 36.7. The molecule has 15 aromatic rings. The van der Waals surface area contributed by atoms with Crippen molar-refractivity contribution < 1.29 is 28.8 Å². The highest BCUT2D eigenvalue weighted by atomic mass is 32.1. The molecule has 1 saturated carbocycles. The second kappa shape index (κ2) is 47.3. The van der Waals surface area contributed by atoms with Gasteiger partial charge in [-0.15, -0.1) is 68.0 Å². The van der Waals surface area contributed by atoms with Crippen molar-refractivity contribution >= 4 is 148 Å². The number of carbonyl (C=O) groups excluding carboxylic acids is 6. The number of carbonyl (C=O) groups is 6. The zero-order chi connectivity index (χ0) is 98.9. The van der Waals surface area contributed by atoms with E-state index >= 15 is 0 Å². The summed E-state index contributed by atoms with van der Waals surface area (Å²) in [7, 11) is 0. The van der Waals surface area contributed by atoms with Gasteiger partial charge in [-0.3, -0.25) is 28.8 Å². The number of nitrogens with one attached hydrogen (secondary N) is 6. The highest BCUT2D eigenvalue weighted by Crippen LogP contribution is 2.46. The van der Waals surface area contributed by atoms with Crippen LogP contribution in [0.5, 0.6) is 0 Å². The lowest BCUT2D eigenvalue weighted by Crippen LogP contribution is -2.49. The Labute approximate surface area is 860 Å². The molecule has 9 aromatic carbocycles. The molecule has 6 amide bonds. The summed E-state index contributed by atoms with van der Waals surface area (Å²) in [5.74, 6) is 0.712. The number of rotatable bonds is 23. The van der Waals surface area contributed by atoms with Crippen molar-refractivity contribution in [1.29, 1.82) is 0 Å². The van der Waals surface area contributed by atoms with E-state index in [0.29, 0.717) is 19.1 Å². The number of para-hydroxylation sites is 6. The van der Waals surface area contributed by atoms with Gasteiger partial charge in [0.05, 0.1) is 33.4 Å². The normalized spacial score (nSPS) is 17.7. The van der Waals surface area contributed by atoms with Gasteiger partial charge in [0, 0.05) is 131 Å². The van der Waals surface area contributed by atoms with E-state index in [-0.39, 0.29) is 78.5 Å². The van der Waals surface area contributed by atoms with E-state index in [1.54, 1.807) is 56.7 Å². The Bertz CT molecular complexity index is 6860. The number of aryl methyl sites for hydroxylation is 6. The third kappa shape index (κ3) is 22.6. The van der Waals surface area contributed by atoms with Gasteiger partial charge in [-0.25, -0.2) is 0 Å². The van der Waals surface area contributed by atoms with Crippen LogP contribution < -0.4 is 31.9 Å². The first-order valence-corrected chi connectivity index (χ1v) is 55.3. The average molecular weight is 2000 g/mol. The van der Waals surface area contributed by atoms with Gasteiger partial charge in [0.15, 0.2) is 0 Å². The Morgan fingerprint density at radius 3 is 0.972 bits per heavy atom. The maximum absolute atomic E-state index is 13.5. The molecule has 22 rings (SSSR count). The first-order chi connectivity index (χ1) is 69.4. The van der Waals surface area contributed by atoms with Gasteiger partial charge < -0.3 is 61.3 Å². The zero-order valence-electron chi connectivity index (χ0n) is 82.6. The van der Waals surface area contributed by atoms with Crippen LogP contribution in [0.4, 0.5) is 34.1 Å². The van der Waals surface area contributed by atoms with E-state index in [1.165, 1.54) is 88.6 Å². The van der Waals surface area contributed by atoms with Crippen molar-refractivity contribution in [1.82, 2.24) is 29.4 Å². The lowest BCUT2D eigenvalue weighted by Gasteiger charge is -2.43. The molecule has 1 fully saturated rings. The quantitative estimate of drug-likeness (QED) is 0.0355. The van der Waals surface area contributed by atoms with E-state index in [0.717, 1.165) is 162 Å². The number of anilines is 6. The third-order valence-corrected chi connectivity index (χ3v) is 34.7. The molecule has 1 aliphatic carbocycles. The Morgan fingerprint density at radius 1 is 0.282 bits per heavy atom. The third-order valence-electron chi connectivity index (χ3n) is 27.0. The molecule has 6 unspecified atom stereocenters. The first-order valence-electron chi connectivity index (χ1n) is 50.4. The molecule has 6 aromatic heterocycles. The van der Waals surface area contributed by atoms with Crippen LogP contribution in [0.2, 0.25) is 0 Å². The SMILES string of the molecule is CCCCN1C(=O)c2ccccc2NC1c1ccc(CC)s1.CCCN1C(=O)c2ccccc2NC1c1ccc(CC)s1.CCc1ccc(C2Nc3ccccc3C(=O)N2C(C)C)s1.CCc1ccc(C2Nc3ccccc3C(=O)N2C2CCCCC2)s1.CCc1ccc(C2Nc3ccccc3C(=O)N2Cc2cccc3ccccc23)s1.CCc1ccc(C2Nc3ccccc3C(=O)N2Cc2ccccc2)s1. The van der Waals surface area contributed by atoms with Gasteiger partial charge >= 0.3 is 0 Å². The predicted molar refractivity (Wildman–Crippen MR) is 591 cm³/mol. The Balaban J connectivity index is 0.000000118. The van der Waals surface area contributed by atoms with Gasteiger partial charge in [0.1, 0.15) is 37.0 Å². The predicted octanol–water partition coefficient (Wildman–Crippen LogP) is 29.8. The van der Waals surface area contributed by atoms with Crippen molar-refractivity contribution in [2.24, 2.45) is 0 Å². The molecule has 6 aliphatic heterocycles. The highest BCUT2D eigenvalue weighted by molar-refractivity contribution is 7.13. The molecule has 0 saturated heterocycles. The van der Waals surface area contributed by atoms with Crippen LogP contribution in [0.25, 0.3) is 10.8 Å². The number of fused-ring (bicyclic) bond motifs is 7. The molecule has 24 heteroatoms. The van der Waals surface area contributed by atoms with Crippen LogP contribution >= 0.6 is 68.0 Å². The monoisotopic (exact) mass is 2000 g/mol. The van der Waals surface area contributed by atoms with Crippen LogP contribution in [0.3, 0.4) is 0 Å². The van der Waals surface area contributed by atoms with Crippen molar-refractivity contribution in [3.05, 3.63) is 394 Å². The van der Waals surface area contributed by atoms with Crippen molar-refractivity contribution in [3.8, 4) is 0 Å². The van der Waals surface area contributed by atoms with E-state index in [9.17, 15) is 28.8 Å². The summed E-state index contributed by atoms with van der Waals surface area (Å²) >= 11 is 10.7. The van der Waals surface area contributed by atoms with E-state index < -0.39 is 0 Å². The van der Waals surface area contributed by atoms with Crippen LogP contribution in [0.15, 0.2) is 291 Å². The van der Waals surface area contributed by atoms with Crippen LogP contribution in [-0.2, 0) is 51.6 Å². The maximum atomic E-state index is 13.5. The average Bonchev–Trinajstić information content (AvgIpc) is 1.40. The van der Waals surface area contributed by atoms with Crippen molar-refractivity contribution in [2.75, 3.05) is 45.0 Å². The summed E-state index contributed by atoms with van der Waals surface area (Å²) in [5, 5.41) is 23.8. The first kappa shape index (κ1) is 101. The molecule has 6 atom stereocenters. The number of thiophene rings is 6. The van der Waals surface area contributed by atoms with Gasteiger partial charge in [-0.1, -0.05) is 227 Å². The van der Waals surface area contributed by atoms with Gasteiger partial charge in [0.25, 0.3) is 35.4 Å². The molecule has 18 nitrogen and oxygen atoms in total. The summed E-state index contributed by atoms with van der Waals surface area (Å²) in [5.41, 5.74) is 12.5. The molecule has 0 radical (unpaired) electrons. The summed E-state index contributed by atoms with van der Waals surface area (Å²) in [4.78, 5) is 106. The molecule has 7 aliphatic rings. The minimum atomic E-state index is -0.165. The minimum Gasteiger partial charge on any atom is -0.360 e. The molecular formula is C118H128N12O6S6. The van der Waals surface area contributed by atoms with E-state index in [4.69, 9.17) is 0 Å². The second-order valence-corrected chi connectivity index (χ2v) is 43.9. The summed E-state index contributed by atoms with van der Waals surface area (Å²) < 4.78 is 0. The summed E-state index contributed by atoms with van der Waals surface area (Å²) in [6.45, 7) is 24.1. The number of hydrogen-bond acceptors (Lipinski definition) is 18. The molecule has 12 heterocycles. The Morgan fingerprint density at radius 2 is 0.592 bits per heavy atom. The van der Waals surface area contributed by atoms with Crippen LogP contribution in [-0.4, -0.2) is 90.0 Å². The van der Waals surface area contributed by atoms with E-state index in [2.05, 4.69) is 233 Å². The maximum Gasteiger partial charge on any atom is 0.258 e. The fourth-order valence-electron chi connectivity index (χ4n) is 19.4. The lowest BCUT2D eigenvalue weighted by atomic mass is 9.92. The fraction of sp³-hybridized carbons (Fsp3) is 0.305. The van der Waals surface area contributed by atoms with Gasteiger partial charge in [-0.05, 0) is 246 Å². The van der Waals surface area contributed by atoms with Gasteiger partial charge in [-0.2, -0.15) is 0 Å². The number of benzene rings is 9. The Kier molecular flexibility index (Phi) is 33.5. The highest BCUT2D eigenvalue weighted by Gasteiger charge is 2.42. The Hall–Kier alpha value is -12.9. The minimum absolute atomic E-state index is 0.0270. The number of amides is 6. The van der Waals surface area contributed by atoms with Crippen LogP contribution in [0, 0.1) is 0 Å². The topological polar surface area (TPSA) is 194 Å². The molecule has 142 heavy (non-hydrogen) atoms. The van der Waals surface area contributed by atoms with Crippen molar-refractivity contribution in [3.63, 3.8) is 0 Å². The van der Waals surface area contributed by atoms with Crippen LogP contribution in [0.1, 0.15) is 289 Å². The van der Waals surface area contributed by atoms with E-state index in [1.807, 2.05) is 200 Å². The smallest absolute Gasteiger partial charge is 0.258 e. The lowest BCUT2D eigenvalue weighted by molar-refractivity contribution is 0.0526. The number of unbranched alkanes of at least 4 members (excludes halogenated alkanes) is 1. The summed E-state index contributed by atoms with van der Waals surface area (Å²) in [6.07, 6.45) is 14.8. The largest absolute Gasteiger partial charge is 0.360 e. The summed E-state index contributed by atoms with van der Waals surface area (Å²) in [6, 6.07) is 98.1. The fourth-order valence-corrected chi connectivity index (χ4v) is 25.5. The molecule has 732 valence electrons. The standard InChI is InChI=1S/C25H22N2OS.C21H20N2OS.C20H24N2OS.C18H22N2OS.2C17H20N2OS/c1-2-19-14-15-23(29-19)24-26-22-13-6-5-12-21(22)25(28)27(24)16-18-10-7-9-17-8-3-4-11-20(17)18;1-2-16-12-13-19(25-16)20-22-18-11-7-6-10-17(18)21(24)23(20)14-15-8-4-3-5-9-15;1-2-15-12-13-18(24-15)19-21-17-11-7-6-10-16(17)20(23)22(19)14-8-4-3-5-9-14;1-3-5-12-20-17(16-11-10-13(4-2)22-16)19-15-9-7-6-8-14(15)18(20)21;1-4-12-9-10-15(21-12)16-18-14-8-6-5-7-13(14)17(20)19(16)11(2)3;1-3-11-19-16(15-10-9-12(4-2)21-15)18-14-8-6-5-7-13(14)17(19)20/h3-15,24,26H,2,16H2,1H3;3-13,20,22H,2,14H2,1H3;6-7,10-14,19,21H,2-5,8-9H2,1H3;6-11,17,19H,3-5,12H2,1-2H3;5-11,16,18H,4H2,1-3H3;5-10,16,18H,3-4,11H2,1-2H3. The molecular weight excluding hydrogens is 1870 g/mol. The molecule has 0 spiro atoms.